The van der Waals surface area contributed by atoms with Crippen molar-refractivity contribution in [1.29, 1.82) is 0 Å². The summed E-state index contributed by atoms with van der Waals surface area (Å²) in [5, 5.41) is 5.49. The summed E-state index contributed by atoms with van der Waals surface area (Å²) in [5.41, 5.74) is 7.30. The van der Waals surface area contributed by atoms with E-state index >= 15 is 0 Å². The zero-order chi connectivity index (χ0) is 17.5. The number of benzene rings is 2. The number of nitrogens with one attached hydrogen (secondary N) is 2. The lowest BCUT2D eigenvalue weighted by atomic mass is 10.2. The van der Waals surface area contributed by atoms with Gasteiger partial charge in [-0.1, -0.05) is 17.7 Å². The Bertz CT molecular complexity index is 743. The monoisotopic (exact) mass is 343 g/mol. The van der Waals surface area contributed by atoms with Crippen molar-refractivity contribution in [2.24, 2.45) is 5.73 Å². The van der Waals surface area contributed by atoms with Gasteiger partial charge in [-0.3, -0.25) is 14.9 Å². The van der Waals surface area contributed by atoms with Gasteiger partial charge < -0.3 is 15.8 Å². The van der Waals surface area contributed by atoms with E-state index in [4.69, 9.17) is 22.7 Å². The van der Waals surface area contributed by atoms with Gasteiger partial charge in [0.15, 0.2) is 11.7 Å². The van der Waals surface area contributed by atoms with E-state index in [1.807, 2.05) is 19.1 Å². The van der Waals surface area contributed by atoms with Crippen LogP contribution in [0.15, 0.2) is 48.5 Å². The first kappa shape index (κ1) is 17.4. The first-order valence-corrected chi connectivity index (χ1v) is 7.55. The first-order valence-electron chi connectivity index (χ1n) is 7.14. The number of amides is 2. The van der Waals surface area contributed by atoms with Gasteiger partial charge in [0.25, 0.3) is 5.91 Å². The molecule has 2 rings (SSSR count). The maximum absolute atomic E-state index is 11.8. The Morgan fingerprint density at radius 1 is 1.08 bits per heavy atom. The van der Waals surface area contributed by atoms with Crippen LogP contribution in [0.25, 0.3) is 0 Å². The van der Waals surface area contributed by atoms with Crippen LogP contribution in [0.2, 0.25) is 0 Å². The summed E-state index contributed by atoms with van der Waals surface area (Å²) in [5.74, 6) is -0.274. The number of hydrogen-bond acceptors (Lipinski definition) is 4. The van der Waals surface area contributed by atoms with Crippen LogP contribution in [0, 0.1) is 6.92 Å². The van der Waals surface area contributed by atoms with Crippen LogP contribution in [0.1, 0.15) is 15.9 Å². The molecule has 0 aromatic heterocycles. The van der Waals surface area contributed by atoms with Gasteiger partial charge in [0.05, 0.1) is 0 Å². The van der Waals surface area contributed by atoms with Crippen LogP contribution in [-0.2, 0) is 4.79 Å². The van der Waals surface area contributed by atoms with Crippen molar-refractivity contribution in [3.05, 3.63) is 59.7 Å². The molecule has 4 N–H and O–H groups in total. The number of thiocarbonyl (C=S) groups is 1. The topological polar surface area (TPSA) is 93.4 Å². The third-order valence-electron chi connectivity index (χ3n) is 3.07. The molecule has 0 saturated carbocycles. The van der Waals surface area contributed by atoms with Crippen molar-refractivity contribution in [3.63, 3.8) is 0 Å². The standard InChI is InChI=1S/C17H17N3O3S/c1-11-2-8-14(9-3-11)23-10-15(21)20-17(24)19-13-6-4-12(5-7-13)16(18)22/h2-9H,10H2,1H3,(H2,18,22)(H2,19,20,21,24). The Morgan fingerprint density at radius 3 is 2.29 bits per heavy atom. The lowest BCUT2D eigenvalue weighted by Gasteiger charge is -2.10. The third-order valence-corrected chi connectivity index (χ3v) is 3.28. The SMILES string of the molecule is Cc1ccc(OCC(=O)NC(=S)Nc2ccc(C(N)=O)cc2)cc1. The van der Waals surface area contributed by atoms with Crippen molar-refractivity contribution < 1.29 is 14.3 Å². The number of nitrogens with two attached hydrogens (primary N) is 1. The quantitative estimate of drug-likeness (QED) is 0.722. The number of carbonyl (C=O) groups is 2. The number of aryl methyl sites for hydroxylation is 1. The molecule has 0 aliphatic rings. The number of anilines is 1. The second kappa shape index (κ2) is 8.07. The Labute approximate surface area is 145 Å². The predicted octanol–water partition coefficient (Wildman–Crippen LogP) is 1.99. The van der Waals surface area contributed by atoms with Crippen molar-refractivity contribution in [2.45, 2.75) is 6.92 Å². The van der Waals surface area contributed by atoms with E-state index in [1.165, 1.54) is 0 Å². The van der Waals surface area contributed by atoms with Crippen molar-refractivity contribution in [2.75, 3.05) is 11.9 Å². The second-order valence-electron chi connectivity index (χ2n) is 5.05. The van der Waals surface area contributed by atoms with Crippen molar-refractivity contribution in [1.82, 2.24) is 5.32 Å². The molecular formula is C17H17N3O3S. The highest BCUT2D eigenvalue weighted by molar-refractivity contribution is 7.80. The summed E-state index contributed by atoms with van der Waals surface area (Å²) in [7, 11) is 0. The van der Waals surface area contributed by atoms with Gasteiger partial charge in [-0.25, -0.2) is 0 Å². The summed E-state index contributed by atoms with van der Waals surface area (Å²) in [4.78, 5) is 22.8. The fourth-order valence-electron chi connectivity index (χ4n) is 1.83. The van der Waals surface area contributed by atoms with E-state index in [0.29, 0.717) is 17.0 Å². The number of primary amides is 1. The molecule has 0 saturated heterocycles. The smallest absolute Gasteiger partial charge is 0.264 e. The van der Waals surface area contributed by atoms with Crippen LogP contribution in [0.3, 0.4) is 0 Å². The molecule has 7 heteroatoms. The molecule has 0 heterocycles. The molecule has 0 atom stereocenters. The summed E-state index contributed by atoms with van der Waals surface area (Å²) in [6.45, 7) is 1.82. The Hall–Kier alpha value is -2.93. The minimum atomic E-state index is -0.509. The van der Waals surface area contributed by atoms with Crippen LogP contribution in [0.4, 0.5) is 5.69 Å². The largest absolute Gasteiger partial charge is 0.484 e. The first-order chi connectivity index (χ1) is 11.4. The van der Waals surface area contributed by atoms with Gasteiger partial charge in [-0.2, -0.15) is 0 Å². The highest BCUT2D eigenvalue weighted by Gasteiger charge is 2.07. The third kappa shape index (κ3) is 5.36. The molecular weight excluding hydrogens is 326 g/mol. The van der Waals surface area contributed by atoms with Gasteiger partial charge in [-0.05, 0) is 55.5 Å². The average molecular weight is 343 g/mol. The highest BCUT2D eigenvalue weighted by Crippen LogP contribution is 2.11. The van der Waals surface area contributed by atoms with Gasteiger partial charge >= 0.3 is 0 Å². The number of ether oxygens (including phenoxy) is 1. The van der Waals surface area contributed by atoms with Gasteiger partial charge in [0.2, 0.25) is 5.91 Å². The normalized spacial score (nSPS) is 9.88. The highest BCUT2D eigenvalue weighted by atomic mass is 32.1. The number of rotatable bonds is 5. The van der Waals surface area contributed by atoms with Crippen molar-refractivity contribution >= 4 is 34.8 Å². The second-order valence-corrected chi connectivity index (χ2v) is 5.45. The van der Waals surface area contributed by atoms with Crippen LogP contribution >= 0.6 is 12.2 Å². The molecule has 24 heavy (non-hydrogen) atoms. The molecule has 0 fully saturated rings. The number of carbonyl (C=O) groups excluding carboxylic acids is 2. The van der Waals surface area contributed by atoms with E-state index in [0.717, 1.165) is 5.56 Å². The predicted molar refractivity (Wildman–Crippen MR) is 96.0 cm³/mol. The Balaban J connectivity index is 1.79. The molecule has 0 spiro atoms. The lowest BCUT2D eigenvalue weighted by Crippen LogP contribution is -2.37. The van der Waals surface area contributed by atoms with Crippen LogP contribution < -0.4 is 21.1 Å². The van der Waals surface area contributed by atoms with Crippen LogP contribution in [-0.4, -0.2) is 23.5 Å². The molecule has 0 unspecified atom stereocenters. The molecule has 2 aromatic carbocycles. The van der Waals surface area contributed by atoms with E-state index in [9.17, 15) is 9.59 Å². The van der Waals surface area contributed by atoms with E-state index in [1.54, 1.807) is 36.4 Å². The fraction of sp³-hybridized carbons (Fsp3) is 0.118. The minimum absolute atomic E-state index is 0.138. The molecule has 2 amide bonds. The Morgan fingerprint density at radius 2 is 1.71 bits per heavy atom. The molecule has 0 aliphatic heterocycles. The molecule has 6 nitrogen and oxygen atoms in total. The van der Waals surface area contributed by atoms with Crippen LogP contribution in [0.5, 0.6) is 5.75 Å². The van der Waals surface area contributed by atoms with Gasteiger partial charge in [0.1, 0.15) is 5.75 Å². The molecule has 0 bridgehead atoms. The lowest BCUT2D eigenvalue weighted by molar-refractivity contribution is -0.121. The molecule has 0 radical (unpaired) electrons. The fourth-order valence-corrected chi connectivity index (χ4v) is 2.06. The minimum Gasteiger partial charge on any atom is -0.484 e. The van der Waals surface area contributed by atoms with E-state index in [-0.39, 0.29) is 17.6 Å². The summed E-state index contributed by atoms with van der Waals surface area (Å²) in [6, 6.07) is 13.8. The molecule has 2 aromatic rings. The average Bonchev–Trinajstić information content (AvgIpc) is 2.54. The summed E-state index contributed by atoms with van der Waals surface area (Å²) >= 11 is 5.05. The zero-order valence-electron chi connectivity index (χ0n) is 13.0. The maximum Gasteiger partial charge on any atom is 0.264 e. The van der Waals surface area contributed by atoms with Gasteiger partial charge in [0, 0.05) is 11.3 Å². The molecule has 124 valence electrons. The van der Waals surface area contributed by atoms with Gasteiger partial charge in [-0.15, -0.1) is 0 Å². The van der Waals surface area contributed by atoms with Crippen molar-refractivity contribution in [3.8, 4) is 5.75 Å². The maximum atomic E-state index is 11.8. The summed E-state index contributed by atoms with van der Waals surface area (Å²) in [6.07, 6.45) is 0. The zero-order valence-corrected chi connectivity index (χ0v) is 13.9. The van der Waals surface area contributed by atoms with E-state index in [2.05, 4.69) is 10.6 Å². The summed E-state index contributed by atoms with van der Waals surface area (Å²) < 4.78 is 5.37. The molecule has 0 aliphatic carbocycles. The Kier molecular flexibility index (Phi) is 5.86. The van der Waals surface area contributed by atoms with E-state index < -0.39 is 5.91 Å². The number of hydrogen-bond donors (Lipinski definition) is 3.